The van der Waals surface area contributed by atoms with E-state index in [0.29, 0.717) is 13.0 Å². The van der Waals surface area contributed by atoms with E-state index in [2.05, 4.69) is 72.5 Å². The second kappa shape index (κ2) is 10.5. The first-order valence-corrected chi connectivity index (χ1v) is 12.7. The monoisotopic (exact) mass is 466 g/mol. The zero-order valence-corrected chi connectivity index (χ0v) is 20.8. The van der Waals surface area contributed by atoms with E-state index in [9.17, 15) is 4.79 Å². The van der Waals surface area contributed by atoms with Crippen molar-refractivity contribution in [3.8, 4) is 16.9 Å². The molecule has 0 spiro atoms. The van der Waals surface area contributed by atoms with E-state index in [0.717, 1.165) is 40.2 Å². The fourth-order valence-electron chi connectivity index (χ4n) is 4.95. The topological polar surface area (TPSA) is 32.8 Å². The van der Waals surface area contributed by atoms with Gasteiger partial charge in [0, 0.05) is 36.8 Å². The predicted molar refractivity (Wildman–Crippen MR) is 144 cm³/mol. The molecular formula is C31H34N2O2. The molecule has 0 atom stereocenters. The number of hydrogen-bond donors (Lipinski definition) is 0. The number of fused-ring (bicyclic) bond motifs is 1. The highest BCUT2D eigenvalue weighted by atomic mass is 16.5. The Hall–Kier alpha value is -3.37. The molecule has 0 saturated carbocycles. The van der Waals surface area contributed by atoms with Crippen molar-refractivity contribution >= 4 is 17.7 Å². The molecule has 0 aliphatic carbocycles. The predicted octanol–water partition coefficient (Wildman–Crippen LogP) is 6.48. The number of carbonyl (C=O) groups is 1. The van der Waals surface area contributed by atoms with Crippen molar-refractivity contribution in [2.24, 2.45) is 0 Å². The quantitative estimate of drug-likeness (QED) is 0.432. The summed E-state index contributed by atoms with van der Waals surface area (Å²) in [4.78, 5) is 17.7. The molecule has 5 rings (SSSR count). The average Bonchev–Trinajstić information content (AvgIpc) is 3.11. The summed E-state index contributed by atoms with van der Waals surface area (Å²) in [5, 5.41) is 0. The van der Waals surface area contributed by atoms with Gasteiger partial charge in [0.05, 0.1) is 6.61 Å². The smallest absolute Gasteiger partial charge is 0.254 e. The minimum Gasteiger partial charge on any atom is -0.493 e. The third-order valence-electron chi connectivity index (χ3n) is 7.11. The van der Waals surface area contributed by atoms with Crippen molar-refractivity contribution < 1.29 is 9.53 Å². The number of likely N-dealkylation sites (tertiary alicyclic amines) is 1. The molecule has 0 N–H and O–H groups in total. The first kappa shape index (κ1) is 23.4. The third-order valence-corrected chi connectivity index (χ3v) is 7.11. The van der Waals surface area contributed by atoms with Crippen LogP contribution in [0.2, 0.25) is 0 Å². The SMILES string of the molecule is Cc1ccc(-c2ccc3c(c2)C=C(C(=O)N(C)c2ccc(CN4CCCCC4)cc2)CCO3)cc1. The normalized spacial score (nSPS) is 16.0. The molecule has 1 amide bonds. The van der Waals surface area contributed by atoms with Gasteiger partial charge in [-0.2, -0.15) is 0 Å². The maximum absolute atomic E-state index is 13.4. The molecule has 3 aromatic rings. The standard InChI is InChI=1S/C31H34N2O2/c1-23-6-10-25(11-7-23)26-12-15-30-28(20-26)21-27(16-19-35-30)31(34)32(2)29-13-8-24(9-14-29)22-33-17-4-3-5-18-33/h6-15,20-21H,3-5,16-19,22H2,1-2H3. The molecule has 180 valence electrons. The number of amides is 1. The number of ether oxygens (including phenoxy) is 1. The van der Waals surface area contributed by atoms with Gasteiger partial charge in [-0.3, -0.25) is 9.69 Å². The van der Waals surface area contributed by atoms with Crippen molar-refractivity contribution in [3.63, 3.8) is 0 Å². The Balaban J connectivity index is 1.33. The highest BCUT2D eigenvalue weighted by Gasteiger charge is 2.20. The molecule has 4 heteroatoms. The van der Waals surface area contributed by atoms with Crippen LogP contribution >= 0.6 is 0 Å². The highest BCUT2D eigenvalue weighted by molar-refractivity contribution is 6.08. The van der Waals surface area contributed by atoms with E-state index in [1.165, 1.54) is 43.5 Å². The van der Waals surface area contributed by atoms with Crippen LogP contribution in [0, 0.1) is 6.92 Å². The second-order valence-corrected chi connectivity index (χ2v) is 9.75. The lowest BCUT2D eigenvalue weighted by Crippen LogP contribution is -2.29. The van der Waals surface area contributed by atoms with Crippen molar-refractivity contribution in [1.29, 1.82) is 0 Å². The van der Waals surface area contributed by atoms with E-state index >= 15 is 0 Å². The molecule has 2 heterocycles. The summed E-state index contributed by atoms with van der Waals surface area (Å²) in [6.07, 6.45) is 6.53. The molecule has 3 aromatic carbocycles. The van der Waals surface area contributed by atoms with E-state index in [1.807, 2.05) is 19.2 Å². The van der Waals surface area contributed by atoms with E-state index in [-0.39, 0.29) is 5.91 Å². The van der Waals surface area contributed by atoms with Gasteiger partial charge in [-0.25, -0.2) is 0 Å². The molecule has 0 radical (unpaired) electrons. The van der Waals surface area contributed by atoms with Crippen LogP contribution in [0.3, 0.4) is 0 Å². The highest BCUT2D eigenvalue weighted by Crippen LogP contribution is 2.32. The Morgan fingerprint density at radius 3 is 2.37 bits per heavy atom. The van der Waals surface area contributed by atoms with Gasteiger partial charge < -0.3 is 9.64 Å². The Bertz CT molecular complexity index is 1210. The lowest BCUT2D eigenvalue weighted by atomic mass is 10.00. The Morgan fingerprint density at radius 2 is 1.63 bits per heavy atom. The summed E-state index contributed by atoms with van der Waals surface area (Å²) in [7, 11) is 1.86. The molecule has 0 aromatic heterocycles. The molecule has 2 aliphatic heterocycles. The van der Waals surface area contributed by atoms with Gasteiger partial charge in [0.2, 0.25) is 0 Å². The number of likely N-dealkylation sites (N-methyl/N-ethyl adjacent to an activating group) is 1. The Kier molecular flexibility index (Phi) is 7.01. The zero-order chi connectivity index (χ0) is 24.2. The molecule has 1 saturated heterocycles. The molecular weight excluding hydrogens is 432 g/mol. The van der Waals surface area contributed by atoms with Gasteiger partial charge in [-0.05, 0) is 79.9 Å². The number of nitrogens with zero attached hydrogens (tertiary/aromatic N) is 2. The number of piperidine rings is 1. The molecule has 1 fully saturated rings. The maximum atomic E-state index is 13.4. The van der Waals surface area contributed by atoms with Crippen LogP contribution in [0.25, 0.3) is 17.2 Å². The summed E-state index contributed by atoms with van der Waals surface area (Å²) in [5.74, 6) is 0.847. The largest absolute Gasteiger partial charge is 0.493 e. The molecule has 0 bridgehead atoms. The average molecular weight is 467 g/mol. The summed E-state index contributed by atoms with van der Waals surface area (Å²) >= 11 is 0. The molecule has 2 aliphatic rings. The van der Waals surface area contributed by atoms with Crippen LogP contribution in [0.15, 0.2) is 72.3 Å². The van der Waals surface area contributed by atoms with Gasteiger partial charge in [0.25, 0.3) is 5.91 Å². The van der Waals surface area contributed by atoms with Crippen LogP contribution in [0.5, 0.6) is 5.75 Å². The Morgan fingerprint density at radius 1 is 0.914 bits per heavy atom. The van der Waals surface area contributed by atoms with Crippen molar-refractivity contribution in [1.82, 2.24) is 4.90 Å². The molecule has 35 heavy (non-hydrogen) atoms. The van der Waals surface area contributed by atoms with Crippen molar-refractivity contribution in [2.45, 2.75) is 39.2 Å². The van der Waals surface area contributed by atoms with Crippen LogP contribution in [0.1, 0.15) is 42.4 Å². The minimum atomic E-state index is 0.0194. The van der Waals surface area contributed by atoms with Gasteiger partial charge in [0.1, 0.15) is 5.75 Å². The summed E-state index contributed by atoms with van der Waals surface area (Å²) < 4.78 is 5.98. The molecule has 4 nitrogen and oxygen atoms in total. The van der Waals surface area contributed by atoms with Crippen molar-refractivity contribution in [3.05, 3.63) is 89.0 Å². The summed E-state index contributed by atoms with van der Waals surface area (Å²) in [6.45, 7) is 5.94. The van der Waals surface area contributed by atoms with Crippen LogP contribution in [-0.2, 0) is 11.3 Å². The zero-order valence-electron chi connectivity index (χ0n) is 20.8. The van der Waals surface area contributed by atoms with Gasteiger partial charge >= 0.3 is 0 Å². The van der Waals surface area contributed by atoms with Gasteiger partial charge in [-0.15, -0.1) is 0 Å². The number of anilines is 1. The minimum absolute atomic E-state index is 0.0194. The number of hydrogen-bond acceptors (Lipinski definition) is 3. The fraction of sp³-hybridized carbons (Fsp3) is 0.323. The fourth-order valence-corrected chi connectivity index (χ4v) is 4.95. The summed E-state index contributed by atoms with van der Waals surface area (Å²) in [5.41, 5.74) is 7.45. The van der Waals surface area contributed by atoms with Crippen molar-refractivity contribution in [2.75, 3.05) is 31.6 Å². The third kappa shape index (κ3) is 5.49. The number of aryl methyl sites for hydroxylation is 1. The van der Waals surface area contributed by atoms with E-state index in [1.54, 1.807) is 4.90 Å². The lowest BCUT2D eigenvalue weighted by molar-refractivity contribution is -0.115. The number of benzene rings is 3. The summed E-state index contributed by atoms with van der Waals surface area (Å²) in [6, 6.07) is 23.2. The number of rotatable bonds is 5. The van der Waals surface area contributed by atoms with Gasteiger partial charge in [0.15, 0.2) is 0 Å². The molecule has 0 unspecified atom stereocenters. The van der Waals surface area contributed by atoms with Gasteiger partial charge in [-0.1, -0.05) is 54.4 Å². The Labute approximate surface area is 208 Å². The van der Waals surface area contributed by atoms with E-state index < -0.39 is 0 Å². The maximum Gasteiger partial charge on any atom is 0.254 e. The van der Waals surface area contributed by atoms with Crippen LogP contribution in [0.4, 0.5) is 5.69 Å². The first-order valence-electron chi connectivity index (χ1n) is 12.7. The van der Waals surface area contributed by atoms with E-state index in [4.69, 9.17) is 4.74 Å². The van der Waals surface area contributed by atoms with Crippen LogP contribution < -0.4 is 9.64 Å². The second-order valence-electron chi connectivity index (χ2n) is 9.75. The first-order chi connectivity index (χ1) is 17.1. The number of carbonyl (C=O) groups excluding carboxylic acids is 1. The lowest BCUT2D eigenvalue weighted by Gasteiger charge is -2.26. The van der Waals surface area contributed by atoms with Crippen LogP contribution in [-0.4, -0.2) is 37.6 Å².